The Bertz CT molecular complexity index is 874. The highest BCUT2D eigenvalue weighted by Gasteiger charge is 2.21. The summed E-state index contributed by atoms with van der Waals surface area (Å²) in [5.74, 6) is 2.80. The van der Waals surface area contributed by atoms with E-state index < -0.39 is 0 Å². The average molecular weight is 376 g/mol. The number of likely N-dealkylation sites (tertiary alicyclic amines) is 1. The highest BCUT2D eigenvalue weighted by atomic mass is 15.3. The van der Waals surface area contributed by atoms with Crippen molar-refractivity contribution in [3.63, 3.8) is 0 Å². The number of aliphatic imine (C=N–C) groups is 1. The molecular formula is C23H29N5. The molecule has 2 heterocycles. The molecular weight excluding hydrogens is 346 g/mol. The fourth-order valence-corrected chi connectivity index (χ4v) is 4.05. The Morgan fingerprint density at radius 2 is 1.86 bits per heavy atom. The zero-order valence-electron chi connectivity index (χ0n) is 16.6. The summed E-state index contributed by atoms with van der Waals surface area (Å²) in [5, 5.41) is 3.51. The second-order valence-corrected chi connectivity index (χ2v) is 7.54. The monoisotopic (exact) mass is 375 g/mol. The number of imidazole rings is 1. The first kappa shape index (κ1) is 18.5. The molecule has 0 unspecified atom stereocenters. The minimum atomic E-state index is 0.771. The molecule has 1 aliphatic heterocycles. The summed E-state index contributed by atoms with van der Waals surface area (Å²) in [6, 6.07) is 19.0. The van der Waals surface area contributed by atoms with Crippen molar-refractivity contribution in [1.82, 2.24) is 20.2 Å². The Labute approximate surface area is 166 Å². The molecule has 3 aromatic rings. The average Bonchev–Trinajstić information content (AvgIpc) is 3.16. The maximum atomic E-state index is 4.65. The number of piperidine rings is 1. The van der Waals surface area contributed by atoms with Gasteiger partial charge in [0, 0.05) is 33.1 Å². The van der Waals surface area contributed by atoms with Crippen LogP contribution in [-0.2, 0) is 12.8 Å². The Hall–Kier alpha value is -2.82. The molecule has 146 valence electrons. The van der Waals surface area contributed by atoms with Crippen LogP contribution in [0.3, 0.4) is 0 Å². The van der Waals surface area contributed by atoms with Crippen molar-refractivity contribution in [2.45, 2.75) is 25.7 Å². The van der Waals surface area contributed by atoms with Crippen LogP contribution in [0.5, 0.6) is 0 Å². The lowest BCUT2D eigenvalue weighted by molar-refractivity contribution is 0.259. The SMILES string of the molecule is CN=C(NCCc1nc2ccccc2[nH]1)N1CCC(Cc2ccccc2)CC1. The van der Waals surface area contributed by atoms with E-state index in [2.05, 4.69) is 61.6 Å². The van der Waals surface area contributed by atoms with Gasteiger partial charge in [0.25, 0.3) is 0 Å². The predicted octanol–water partition coefficient (Wildman–Crippen LogP) is 3.64. The van der Waals surface area contributed by atoms with Crippen molar-refractivity contribution in [1.29, 1.82) is 0 Å². The molecule has 0 saturated carbocycles. The predicted molar refractivity (Wildman–Crippen MR) is 116 cm³/mol. The number of hydrogen-bond donors (Lipinski definition) is 2. The Morgan fingerprint density at radius 3 is 2.61 bits per heavy atom. The van der Waals surface area contributed by atoms with Gasteiger partial charge in [-0.3, -0.25) is 4.99 Å². The van der Waals surface area contributed by atoms with Gasteiger partial charge in [-0.1, -0.05) is 42.5 Å². The van der Waals surface area contributed by atoms with E-state index in [1.54, 1.807) is 0 Å². The van der Waals surface area contributed by atoms with Gasteiger partial charge in [0.15, 0.2) is 5.96 Å². The van der Waals surface area contributed by atoms with E-state index in [-0.39, 0.29) is 0 Å². The molecule has 2 aromatic carbocycles. The molecule has 1 aliphatic rings. The smallest absolute Gasteiger partial charge is 0.193 e. The number of aromatic amines is 1. The molecule has 2 N–H and O–H groups in total. The van der Waals surface area contributed by atoms with Crippen molar-refractivity contribution >= 4 is 17.0 Å². The molecule has 4 rings (SSSR count). The fraction of sp³-hybridized carbons (Fsp3) is 0.391. The highest BCUT2D eigenvalue weighted by Crippen LogP contribution is 2.21. The van der Waals surface area contributed by atoms with Crippen LogP contribution >= 0.6 is 0 Å². The first-order valence-electron chi connectivity index (χ1n) is 10.2. The molecule has 0 aliphatic carbocycles. The number of fused-ring (bicyclic) bond motifs is 1. The quantitative estimate of drug-likeness (QED) is 0.529. The van der Waals surface area contributed by atoms with Crippen molar-refractivity contribution < 1.29 is 0 Å². The zero-order valence-corrected chi connectivity index (χ0v) is 16.6. The van der Waals surface area contributed by atoms with Crippen LogP contribution in [0.25, 0.3) is 11.0 Å². The van der Waals surface area contributed by atoms with Crippen LogP contribution in [0.15, 0.2) is 59.6 Å². The molecule has 5 heteroatoms. The Morgan fingerprint density at radius 1 is 1.11 bits per heavy atom. The third kappa shape index (κ3) is 4.53. The van der Waals surface area contributed by atoms with Crippen LogP contribution in [0.1, 0.15) is 24.2 Å². The number of hydrogen-bond acceptors (Lipinski definition) is 2. The van der Waals surface area contributed by atoms with Crippen LogP contribution < -0.4 is 5.32 Å². The number of para-hydroxylation sites is 2. The number of nitrogens with one attached hydrogen (secondary N) is 2. The van der Waals surface area contributed by atoms with Crippen molar-refractivity contribution in [3.05, 3.63) is 66.0 Å². The minimum Gasteiger partial charge on any atom is -0.356 e. The van der Waals surface area contributed by atoms with Gasteiger partial charge in [-0.2, -0.15) is 0 Å². The van der Waals surface area contributed by atoms with Crippen LogP contribution in [0.2, 0.25) is 0 Å². The number of benzene rings is 2. The molecule has 0 spiro atoms. The number of aromatic nitrogens is 2. The molecule has 1 aromatic heterocycles. The summed E-state index contributed by atoms with van der Waals surface area (Å²) in [6.45, 7) is 2.97. The summed E-state index contributed by atoms with van der Waals surface area (Å²) >= 11 is 0. The van der Waals surface area contributed by atoms with Crippen LogP contribution in [-0.4, -0.2) is 47.5 Å². The Kier molecular flexibility index (Phi) is 5.90. The van der Waals surface area contributed by atoms with E-state index in [1.807, 2.05) is 25.2 Å². The van der Waals surface area contributed by atoms with Gasteiger partial charge in [0.1, 0.15) is 5.82 Å². The van der Waals surface area contributed by atoms with Gasteiger partial charge in [-0.05, 0) is 42.9 Å². The zero-order chi connectivity index (χ0) is 19.2. The summed E-state index contributed by atoms with van der Waals surface area (Å²) in [6.07, 6.45) is 4.49. The molecule has 28 heavy (non-hydrogen) atoms. The van der Waals surface area contributed by atoms with Gasteiger partial charge < -0.3 is 15.2 Å². The summed E-state index contributed by atoms with van der Waals surface area (Å²) in [7, 11) is 1.87. The number of guanidine groups is 1. The number of H-pyrrole nitrogens is 1. The molecule has 0 amide bonds. The fourth-order valence-electron chi connectivity index (χ4n) is 4.05. The topological polar surface area (TPSA) is 56.3 Å². The third-order valence-corrected chi connectivity index (χ3v) is 5.58. The largest absolute Gasteiger partial charge is 0.356 e. The van der Waals surface area contributed by atoms with E-state index in [0.29, 0.717) is 0 Å². The molecule has 5 nitrogen and oxygen atoms in total. The molecule has 0 bridgehead atoms. The van der Waals surface area contributed by atoms with E-state index in [1.165, 1.54) is 24.8 Å². The normalized spacial score (nSPS) is 15.9. The lowest BCUT2D eigenvalue weighted by Crippen LogP contribution is -2.46. The standard InChI is InChI=1S/C23H29N5/c1-24-23(25-14-11-22-26-20-9-5-6-10-21(20)27-22)28-15-12-19(13-16-28)17-18-7-3-2-4-8-18/h2-10,19H,11-17H2,1H3,(H,24,25)(H,26,27). The van der Waals surface area contributed by atoms with Crippen molar-refractivity contribution in [3.8, 4) is 0 Å². The summed E-state index contributed by atoms with van der Waals surface area (Å²) in [5.41, 5.74) is 3.58. The minimum absolute atomic E-state index is 0.771. The molecule has 1 saturated heterocycles. The maximum absolute atomic E-state index is 4.65. The highest BCUT2D eigenvalue weighted by molar-refractivity contribution is 5.80. The van der Waals surface area contributed by atoms with E-state index in [4.69, 9.17) is 0 Å². The van der Waals surface area contributed by atoms with Gasteiger partial charge in [-0.15, -0.1) is 0 Å². The second-order valence-electron chi connectivity index (χ2n) is 7.54. The number of nitrogens with zero attached hydrogens (tertiary/aromatic N) is 3. The van der Waals surface area contributed by atoms with Gasteiger partial charge >= 0.3 is 0 Å². The van der Waals surface area contributed by atoms with Gasteiger partial charge in [0.05, 0.1) is 11.0 Å². The van der Waals surface area contributed by atoms with Crippen molar-refractivity contribution in [2.24, 2.45) is 10.9 Å². The first-order chi connectivity index (χ1) is 13.8. The summed E-state index contributed by atoms with van der Waals surface area (Å²) in [4.78, 5) is 14.9. The van der Waals surface area contributed by atoms with Crippen molar-refractivity contribution in [2.75, 3.05) is 26.7 Å². The van der Waals surface area contributed by atoms with Crippen LogP contribution in [0, 0.1) is 5.92 Å². The Balaban J connectivity index is 1.24. The first-order valence-corrected chi connectivity index (χ1v) is 10.2. The van der Waals surface area contributed by atoms with E-state index in [9.17, 15) is 0 Å². The number of rotatable bonds is 5. The van der Waals surface area contributed by atoms with E-state index >= 15 is 0 Å². The summed E-state index contributed by atoms with van der Waals surface area (Å²) < 4.78 is 0. The van der Waals surface area contributed by atoms with E-state index in [0.717, 1.165) is 54.8 Å². The lowest BCUT2D eigenvalue weighted by Gasteiger charge is -2.34. The molecule has 0 radical (unpaired) electrons. The van der Waals surface area contributed by atoms with Crippen LogP contribution in [0.4, 0.5) is 0 Å². The maximum Gasteiger partial charge on any atom is 0.193 e. The third-order valence-electron chi connectivity index (χ3n) is 5.58. The lowest BCUT2D eigenvalue weighted by atomic mass is 9.90. The second kappa shape index (κ2) is 8.91. The molecule has 0 atom stereocenters. The van der Waals surface area contributed by atoms with Gasteiger partial charge in [-0.25, -0.2) is 4.98 Å². The molecule has 1 fully saturated rings. The van der Waals surface area contributed by atoms with Gasteiger partial charge in [0.2, 0.25) is 0 Å².